The summed E-state index contributed by atoms with van der Waals surface area (Å²) in [6, 6.07) is 8.44. The molecule has 0 amide bonds. The van der Waals surface area contributed by atoms with E-state index in [1.165, 1.54) is 16.3 Å². The van der Waals surface area contributed by atoms with Gasteiger partial charge in [0.1, 0.15) is 0 Å². The second-order valence-electron chi connectivity index (χ2n) is 5.39. The molecule has 1 saturated heterocycles. The Balaban J connectivity index is 1.91. The monoisotopic (exact) mass is 304 g/mol. The predicted octanol–water partition coefficient (Wildman–Crippen LogP) is 3.86. The second kappa shape index (κ2) is 5.96. The molecule has 1 aromatic carbocycles. The molecule has 2 aromatic rings. The van der Waals surface area contributed by atoms with Crippen molar-refractivity contribution >= 4 is 34.3 Å². The minimum atomic E-state index is 0.0565. The maximum absolute atomic E-state index is 6.57. The Morgan fingerprint density at radius 3 is 2.80 bits per heavy atom. The van der Waals surface area contributed by atoms with Gasteiger partial charge in [0.25, 0.3) is 0 Å². The van der Waals surface area contributed by atoms with Gasteiger partial charge in [0.05, 0.1) is 0 Å². The predicted molar refractivity (Wildman–Crippen MR) is 91.4 cm³/mol. The van der Waals surface area contributed by atoms with Gasteiger partial charge in [-0.25, -0.2) is 0 Å². The lowest BCUT2D eigenvalue weighted by molar-refractivity contribution is 0.710. The van der Waals surface area contributed by atoms with Crippen molar-refractivity contribution in [3.05, 3.63) is 42.2 Å². The number of fused-ring (bicyclic) bond motifs is 1. The summed E-state index contributed by atoms with van der Waals surface area (Å²) in [4.78, 5) is 4.37. The normalized spacial score (nSPS) is 28.4. The number of hydrogen-bond acceptors (Lipinski definition) is 4. The highest BCUT2D eigenvalue weighted by Gasteiger charge is 2.30. The molecule has 1 fully saturated rings. The van der Waals surface area contributed by atoms with Crippen LogP contribution in [-0.2, 0) is 0 Å². The highest BCUT2D eigenvalue weighted by atomic mass is 32.2. The number of hydrogen-bond donors (Lipinski definition) is 1. The second-order valence-corrected chi connectivity index (χ2v) is 8.43. The SMILES string of the molecule is CC1SCC(C(N)c2cncc3ccccc23)SC1C. The fraction of sp³-hybridized carbons (Fsp3) is 0.438. The Kier molecular flexibility index (Phi) is 4.24. The van der Waals surface area contributed by atoms with Crippen LogP contribution < -0.4 is 5.73 Å². The lowest BCUT2D eigenvalue weighted by atomic mass is 10.0. The fourth-order valence-electron chi connectivity index (χ4n) is 2.60. The van der Waals surface area contributed by atoms with Crippen LogP contribution in [0.5, 0.6) is 0 Å². The first kappa shape index (κ1) is 14.2. The standard InChI is InChI=1S/C16H20N2S2/c1-10-11(2)20-15(9-19-10)16(17)14-8-18-7-12-5-3-4-6-13(12)14/h3-8,10-11,15-16H,9,17H2,1-2H3. The fourth-order valence-corrected chi connectivity index (χ4v) is 5.64. The third kappa shape index (κ3) is 2.69. The molecule has 4 heteroatoms. The molecular weight excluding hydrogens is 284 g/mol. The molecule has 0 radical (unpaired) electrons. The van der Waals surface area contributed by atoms with Crippen molar-refractivity contribution in [2.45, 2.75) is 35.6 Å². The molecule has 4 atom stereocenters. The van der Waals surface area contributed by atoms with E-state index in [1.54, 1.807) is 0 Å². The number of nitrogens with zero attached hydrogens (tertiary/aromatic N) is 1. The van der Waals surface area contributed by atoms with Crippen LogP contribution in [0.25, 0.3) is 10.8 Å². The zero-order valence-corrected chi connectivity index (χ0v) is 13.5. The summed E-state index contributed by atoms with van der Waals surface area (Å²) >= 11 is 4.07. The van der Waals surface area contributed by atoms with Crippen molar-refractivity contribution in [1.82, 2.24) is 4.98 Å². The van der Waals surface area contributed by atoms with Gasteiger partial charge >= 0.3 is 0 Å². The van der Waals surface area contributed by atoms with Crippen molar-refractivity contribution in [2.75, 3.05) is 5.75 Å². The third-order valence-corrected chi connectivity index (χ3v) is 7.55. The quantitative estimate of drug-likeness (QED) is 0.914. The number of rotatable bonds is 2. The average Bonchev–Trinajstić information content (AvgIpc) is 2.49. The van der Waals surface area contributed by atoms with E-state index in [2.05, 4.69) is 37.0 Å². The molecule has 0 bridgehead atoms. The van der Waals surface area contributed by atoms with Crippen LogP contribution in [0, 0.1) is 0 Å². The number of nitrogens with two attached hydrogens (primary N) is 1. The Hall–Kier alpha value is -0.710. The molecule has 0 spiro atoms. The first-order valence-electron chi connectivity index (χ1n) is 7.02. The smallest absolute Gasteiger partial charge is 0.0445 e. The van der Waals surface area contributed by atoms with E-state index in [9.17, 15) is 0 Å². The van der Waals surface area contributed by atoms with E-state index >= 15 is 0 Å². The van der Waals surface area contributed by atoms with Gasteiger partial charge in [-0.15, -0.1) is 0 Å². The molecule has 2 heterocycles. The topological polar surface area (TPSA) is 38.9 Å². The van der Waals surface area contributed by atoms with E-state index in [4.69, 9.17) is 5.73 Å². The van der Waals surface area contributed by atoms with Crippen molar-refractivity contribution in [3.63, 3.8) is 0 Å². The Bertz CT molecular complexity index is 597. The van der Waals surface area contributed by atoms with E-state index in [1.807, 2.05) is 42.0 Å². The lowest BCUT2D eigenvalue weighted by Gasteiger charge is -2.34. The van der Waals surface area contributed by atoms with Gasteiger partial charge in [-0.3, -0.25) is 4.98 Å². The van der Waals surface area contributed by atoms with Gasteiger partial charge in [-0.1, -0.05) is 38.1 Å². The third-order valence-electron chi connectivity index (χ3n) is 4.03. The number of thioether (sulfide) groups is 2. The summed E-state index contributed by atoms with van der Waals surface area (Å²) in [5.74, 6) is 1.13. The summed E-state index contributed by atoms with van der Waals surface area (Å²) in [5.41, 5.74) is 7.75. The Morgan fingerprint density at radius 1 is 1.20 bits per heavy atom. The molecule has 1 aliphatic rings. The highest BCUT2D eigenvalue weighted by molar-refractivity contribution is 8.07. The minimum absolute atomic E-state index is 0.0565. The maximum atomic E-state index is 6.57. The Labute approximate surface area is 128 Å². The van der Waals surface area contributed by atoms with Gasteiger partial charge in [-0.05, 0) is 10.9 Å². The van der Waals surface area contributed by atoms with Gasteiger partial charge < -0.3 is 5.73 Å². The lowest BCUT2D eigenvalue weighted by Crippen LogP contribution is -2.34. The molecule has 20 heavy (non-hydrogen) atoms. The largest absolute Gasteiger partial charge is 0.323 e. The molecule has 1 aliphatic heterocycles. The molecule has 0 aliphatic carbocycles. The molecule has 0 saturated carbocycles. The summed E-state index contributed by atoms with van der Waals surface area (Å²) in [7, 11) is 0. The van der Waals surface area contributed by atoms with Gasteiger partial charge in [0, 0.05) is 45.3 Å². The molecule has 2 N–H and O–H groups in total. The van der Waals surface area contributed by atoms with Crippen LogP contribution in [0.15, 0.2) is 36.7 Å². The van der Waals surface area contributed by atoms with Crippen molar-refractivity contribution in [2.24, 2.45) is 5.73 Å². The van der Waals surface area contributed by atoms with Crippen LogP contribution in [0.3, 0.4) is 0 Å². The van der Waals surface area contributed by atoms with Gasteiger partial charge in [-0.2, -0.15) is 23.5 Å². The molecule has 2 nitrogen and oxygen atoms in total. The molecular formula is C16H20N2S2. The van der Waals surface area contributed by atoms with Crippen LogP contribution in [0.4, 0.5) is 0 Å². The number of aromatic nitrogens is 1. The zero-order valence-electron chi connectivity index (χ0n) is 11.8. The Morgan fingerprint density at radius 2 is 2.00 bits per heavy atom. The number of benzene rings is 1. The average molecular weight is 304 g/mol. The van der Waals surface area contributed by atoms with Crippen LogP contribution in [-0.4, -0.2) is 26.5 Å². The summed E-state index contributed by atoms with van der Waals surface area (Å²) < 4.78 is 0. The van der Waals surface area contributed by atoms with Crippen molar-refractivity contribution in [1.29, 1.82) is 0 Å². The van der Waals surface area contributed by atoms with Gasteiger partial charge in [0.15, 0.2) is 0 Å². The zero-order chi connectivity index (χ0) is 14.1. The molecule has 1 aromatic heterocycles. The van der Waals surface area contributed by atoms with E-state index < -0.39 is 0 Å². The van der Waals surface area contributed by atoms with Crippen molar-refractivity contribution in [3.8, 4) is 0 Å². The maximum Gasteiger partial charge on any atom is 0.0445 e. The number of pyridine rings is 1. The molecule has 4 unspecified atom stereocenters. The summed E-state index contributed by atoms with van der Waals surface area (Å²) in [6.07, 6.45) is 3.86. The first-order chi connectivity index (χ1) is 9.66. The van der Waals surface area contributed by atoms with E-state index in [-0.39, 0.29) is 6.04 Å². The highest BCUT2D eigenvalue weighted by Crippen LogP contribution is 2.41. The summed E-state index contributed by atoms with van der Waals surface area (Å²) in [5, 5.41) is 4.27. The minimum Gasteiger partial charge on any atom is -0.323 e. The summed E-state index contributed by atoms with van der Waals surface area (Å²) in [6.45, 7) is 4.62. The molecule has 3 rings (SSSR count). The van der Waals surface area contributed by atoms with E-state index in [0.29, 0.717) is 15.7 Å². The van der Waals surface area contributed by atoms with Crippen LogP contribution in [0.1, 0.15) is 25.5 Å². The van der Waals surface area contributed by atoms with Gasteiger partial charge in [0.2, 0.25) is 0 Å². The van der Waals surface area contributed by atoms with Crippen LogP contribution in [0.2, 0.25) is 0 Å². The first-order valence-corrected chi connectivity index (χ1v) is 9.01. The van der Waals surface area contributed by atoms with E-state index in [0.717, 1.165) is 5.75 Å². The van der Waals surface area contributed by atoms with Crippen molar-refractivity contribution < 1.29 is 0 Å². The molecule has 106 valence electrons. The van der Waals surface area contributed by atoms with Crippen LogP contribution >= 0.6 is 23.5 Å².